The van der Waals surface area contributed by atoms with Gasteiger partial charge in [0.15, 0.2) is 13.5 Å². The minimum atomic E-state index is 0. The van der Waals surface area contributed by atoms with Gasteiger partial charge in [0.1, 0.15) is 12.4 Å². The van der Waals surface area contributed by atoms with Gasteiger partial charge in [0.25, 0.3) is 0 Å². The number of rotatable bonds is 14. The Labute approximate surface area is 142 Å². The molecule has 0 saturated carbocycles. The third-order valence-electron chi connectivity index (χ3n) is 3.51. The van der Waals surface area contributed by atoms with Crippen LogP contribution in [0.1, 0.15) is 65.2 Å². The molecule has 130 valence electrons. The number of imidazole rings is 1. The number of hydrogen-bond acceptors (Lipinski definition) is 2. The number of nitrogens with zero attached hydrogens (tertiary/aromatic N) is 2. The lowest BCUT2D eigenvalue weighted by molar-refractivity contribution is -0.732. The summed E-state index contributed by atoms with van der Waals surface area (Å²) in [6.45, 7) is 7.43. The second kappa shape index (κ2) is 15.3. The summed E-state index contributed by atoms with van der Waals surface area (Å²) in [6.07, 6.45) is 16.1. The highest BCUT2D eigenvalue weighted by Crippen LogP contribution is 2.00. The highest BCUT2D eigenvalue weighted by atomic mass is 35.5. The Balaban J connectivity index is 0.00000441. The molecule has 0 spiro atoms. The summed E-state index contributed by atoms with van der Waals surface area (Å²) in [4.78, 5) is 0. The van der Waals surface area contributed by atoms with Crippen molar-refractivity contribution >= 4 is 0 Å². The molecule has 0 aromatic carbocycles. The van der Waals surface area contributed by atoms with E-state index in [1.807, 2.05) is 18.7 Å². The Morgan fingerprint density at radius 1 is 0.864 bits per heavy atom. The van der Waals surface area contributed by atoms with Crippen molar-refractivity contribution in [3.8, 4) is 0 Å². The fraction of sp³-hybridized carbons (Fsp3) is 0.824. The summed E-state index contributed by atoms with van der Waals surface area (Å²) in [5.41, 5.74) is 0. The van der Waals surface area contributed by atoms with Crippen LogP contribution in [0.15, 0.2) is 18.7 Å². The van der Waals surface area contributed by atoms with E-state index in [2.05, 4.69) is 23.0 Å². The molecule has 0 saturated heterocycles. The first kappa shape index (κ1) is 21.4. The zero-order chi connectivity index (χ0) is 15.2. The van der Waals surface area contributed by atoms with Crippen molar-refractivity contribution in [1.29, 1.82) is 0 Å². The highest BCUT2D eigenvalue weighted by Gasteiger charge is 2.03. The maximum Gasteiger partial charge on any atom is 0.247 e. The van der Waals surface area contributed by atoms with E-state index < -0.39 is 0 Å². The van der Waals surface area contributed by atoms with Gasteiger partial charge in [0, 0.05) is 0 Å². The third kappa shape index (κ3) is 11.0. The van der Waals surface area contributed by atoms with E-state index in [9.17, 15) is 0 Å². The molecule has 0 aliphatic carbocycles. The summed E-state index contributed by atoms with van der Waals surface area (Å²) < 4.78 is 15.4. The summed E-state index contributed by atoms with van der Waals surface area (Å²) in [5, 5.41) is 0. The van der Waals surface area contributed by atoms with Crippen molar-refractivity contribution in [2.45, 2.75) is 78.7 Å². The molecule has 1 aromatic rings. The van der Waals surface area contributed by atoms with E-state index in [4.69, 9.17) is 9.47 Å². The van der Waals surface area contributed by atoms with Crippen molar-refractivity contribution in [2.24, 2.45) is 0 Å². The Hall–Kier alpha value is -0.580. The normalized spacial score (nSPS) is 10.6. The fourth-order valence-electron chi connectivity index (χ4n) is 2.19. The summed E-state index contributed by atoms with van der Waals surface area (Å²) in [5.74, 6) is 0. The van der Waals surface area contributed by atoms with Crippen LogP contribution in [-0.2, 0) is 22.9 Å². The monoisotopic (exact) mass is 332 g/mol. The first-order chi connectivity index (χ1) is 10.4. The van der Waals surface area contributed by atoms with E-state index in [1.54, 1.807) is 0 Å². The van der Waals surface area contributed by atoms with Gasteiger partial charge in [-0.15, -0.1) is 0 Å². The van der Waals surface area contributed by atoms with Crippen LogP contribution in [0.2, 0.25) is 0 Å². The molecule has 0 amide bonds. The molecule has 1 rings (SSSR count). The first-order valence-electron chi connectivity index (χ1n) is 8.57. The second-order valence-corrected chi connectivity index (χ2v) is 5.64. The third-order valence-corrected chi connectivity index (χ3v) is 3.51. The molecule has 0 unspecified atom stereocenters. The lowest BCUT2D eigenvalue weighted by atomic mass is 10.2. The average molecular weight is 333 g/mol. The van der Waals surface area contributed by atoms with Gasteiger partial charge >= 0.3 is 0 Å². The number of hydrogen-bond donors (Lipinski definition) is 0. The van der Waals surface area contributed by atoms with Gasteiger partial charge in [0.2, 0.25) is 6.33 Å². The number of aromatic nitrogens is 2. The molecule has 0 aliphatic heterocycles. The Kier molecular flexibility index (Phi) is 14.9. The molecular formula is C17H33ClN2O2. The lowest BCUT2D eigenvalue weighted by Gasteiger charge is -2.02. The molecule has 5 heteroatoms. The van der Waals surface area contributed by atoms with Gasteiger partial charge < -0.3 is 21.9 Å². The van der Waals surface area contributed by atoms with E-state index in [-0.39, 0.29) is 12.4 Å². The van der Waals surface area contributed by atoms with Crippen LogP contribution < -0.4 is 17.0 Å². The largest absolute Gasteiger partial charge is 1.00 e. The van der Waals surface area contributed by atoms with Crippen molar-refractivity contribution in [3.05, 3.63) is 18.7 Å². The molecule has 1 aromatic heterocycles. The van der Waals surface area contributed by atoms with Crippen molar-refractivity contribution in [1.82, 2.24) is 4.57 Å². The molecular weight excluding hydrogens is 300 g/mol. The zero-order valence-corrected chi connectivity index (χ0v) is 15.1. The number of halogens is 1. The number of ether oxygens (including phenoxy) is 2. The molecule has 22 heavy (non-hydrogen) atoms. The zero-order valence-electron chi connectivity index (χ0n) is 14.3. The van der Waals surface area contributed by atoms with Crippen molar-refractivity contribution < 1.29 is 26.4 Å². The van der Waals surface area contributed by atoms with E-state index >= 15 is 0 Å². The maximum atomic E-state index is 5.66. The number of unbranched alkanes of at least 4 members (excludes halogenated alkanes) is 6. The van der Waals surface area contributed by atoms with Crippen LogP contribution in [0, 0.1) is 0 Å². The highest BCUT2D eigenvalue weighted by molar-refractivity contribution is 4.63. The molecule has 0 bridgehead atoms. The van der Waals surface area contributed by atoms with Crippen molar-refractivity contribution in [3.63, 3.8) is 0 Å². The van der Waals surface area contributed by atoms with Gasteiger partial charge in [-0.05, 0) is 12.8 Å². The van der Waals surface area contributed by atoms with Crippen molar-refractivity contribution in [2.75, 3.05) is 13.2 Å². The smallest absolute Gasteiger partial charge is 0.247 e. The van der Waals surface area contributed by atoms with Gasteiger partial charge in [-0.2, -0.15) is 0 Å². The van der Waals surface area contributed by atoms with E-state index in [0.29, 0.717) is 13.5 Å². The molecule has 1 heterocycles. The molecule has 0 radical (unpaired) electrons. The topological polar surface area (TPSA) is 27.3 Å². The minimum absolute atomic E-state index is 0. The van der Waals surface area contributed by atoms with Crippen LogP contribution in [0.25, 0.3) is 0 Å². The van der Waals surface area contributed by atoms with E-state index in [1.165, 1.54) is 38.5 Å². The van der Waals surface area contributed by atoms with Crippen LogP contribution in [0.5, 0.6) is 0 Å². The van der Waals surface area contributed by atoms with Crippen LogP contribution in [0.3, 0.4) is 0 Å². The van der Waals surface area contributed by atoms with Gasteiger partial charge in [-0.1, -0.05) is 52.4 Å². The molecule has 4 nitrogen and oxygen atoms in total. The van der Waals surface area contributed by atoms with Gasteiger partial charge in [-0.3, -0.25) is 0 Å². The van der Waals surface area contributed by atoms with Crippen LogP contribution in [-0.4, -0.2) is 17.8 Å². The Bertz CT molecular complexity index is 315. The summed E-state index contributed by atoms with van der Waals surface area (Å²) in [7, 11) is 0. The Morgan fingerprint density at radius 3 is 2.14 bits per heavy atom. The average Bonchev–Trinajstić information content (AvgIpc) is 2.94. The van der Waals surface area contributed by atoms with Gasteiger partial charge in [-0.25, -0.2) is 9.13 Å². The second-order valence-electron chi connectivity index (χ2n) is 5.64. The van der Waals surface area contributed by atoms with Crippen LogP contribution >= 0.6 is 0 Å². The van der Waals surface area contributed by atoms with Crippen LogP contribution in [0.4, 0.5) is 0 Å². The van der Waals surface area contributed by atoms with Gasteiger partial charge in [0.05, 0.1) is 13.2 Å². The predicted octanol–water partition coefficient (Wildman–Crippen LogP) is 0.888. The molecule has 0 aliphatic rings. The summed E-state index contributed by atoms with van der Waals surface area (Å²) >= 11 is 0. The molecule has 0 fully saturated rings. The maximum absolute atomic E-state index is 5.66. The molecule has 0 atom stereocenters. The fourth-order valence-corrected chi connectivity index (χ4v) is 2.19. The molecule has 0 N–H and O–H groups in total. The Morgan fingerprint density at radius 2 is 1.50 bits per heavy atom. The first-order valence-corrected chi connectivity index (χ1v) is 8.57. The SMILES string of the molecule is CCCCCCOCn1cc[n+](COCCCCCC)c1.[Cl-]. The minimum Gasteiger partial charge on any atom is -1.00 e. The van der Waals surface area contributed by atoms with E-state index in [0.717, 1.165) is 26.1 Å². The predicted molar refractivity (Wildman–Crippen MR) is 84.8 cm³/mol. The quantitative estimate of drug-likeness (QED) is 0.374. The standard InChI is InChI=1S/C17H33N2O2.ClH/c1-3-5-7-9-13-20-16-18-11-12-19(15-18)17-21-14-10-8-6-4-2;/h11-12,15H,3-10,13-14,16-17H2,1-2H3;1H/q+1;/p-1. The lowest BCUT2D eigenvalue weighted by Crippen LogP contribution is -3.00. The summed E-state index contributed by atoms with van der Waals surface area (Å²) in [6, 6.07) is 0.